The molecule has 0 N–H and O–H groups in total. The third-order valence-corrected chi connectivity index (χ3v) is 5.25. The average Bonchev–Trinajstić information content (AvgIpc) is 3.39. The molecule has 1 aromatic carbocycles. The van der Waals surface area contributed by atoms with Crippen LogP contribution in [0.2, 0.25) is 0 Å². The number of amides is 1. The van der Waals surface area contributed by atoms with E-state index in [0.29, 0.717) is 25.4 Å². The van der Waals surface area contributed by atoms with E-state index < -0.39 is 0 Å². The van der Waals surface area contributed by atoms with E-state index in [1.807, 2.05) is 30.5 Å². The number of morpholine rings is 1. The number of fused-ring (bicyclic) bond motifs is 1. The standard InChI is InChI=1S/C21H20N6O2/c1-25-18(9-10-22-25)21(28)26-11-12-29-19(14-26)20-17-8-7-16(13-27(17)24-23-20)15-5-3-2-4-6-15/h2-10,13,19H,11-12,14H2,1H3. The fraction of sp³-hybridized carbons (Fsp3) is 0.238. The van der Waals surface area contributed by atoms with Gasteiger partial charge in [0.15, 0.2) is 0 Å². The van der Waals surface area contributed by atoms with E-state index in [9.17, 15) is 4.79 Å². The number of aromatic nitrogens is 5. The van der Waals surface area contributed by atoms with E-state index in [-0.39, 0.29) is 12.0 Å². The molecule has 4 aromatic rings. The number of hydrogen-bond donors (Lipinski definition) is 0. The first kappa shape index (κ1) is 17.6. The molecular formula is C21H20N6O2. The van der Waals surface area contributed by atoms with Gasteiger partial charge in [0.1, 0.15) is 17.5 Å². The fourth-order valence-electron chi connectivity index (χ4n) is 3.69. The van der Waals surface area contributed by atoms with Gasteiger partial charge in [-0.1, -0.05) is 41.6 Å². The molecular weight excluding hydrogens is 368 g/mol. The van der Waals surface area contributed by atoms with E-state index in [4.69, 9.17) is 4.74 Å². The van der Waals surface area contributed by atoms with Gasteiger partial charge >= 0.3 is 0 Å². The lowest BCUT2D eigenvalue weighted by Gasteiger charge is -2.32. The zero-order valence-corrected chi connectivity index (χ0v) is 16.0. The molecule has 0 saturated carbocycles. The van der Waals surface area contributed by atoms with Crippen LogP contribution in [0.4, 0.5) is 0 Å². The van der Waals surface area contributed by atoms with Gasteiger partial charge in [0.25, 0.3) is 5.91 Å². The normalized spacial score (nSPS) is 17.0. The smallest absolute Gasteiger partial charge is 0.272 e. The Labute approximate surface area is 167 Å². The molecule has 3 aromatic heterocycles. The monoisotopic (exact) mass is 388 g/mol. The minimum absolute atomic E-state index is 0.0545. The van der Waals surface area contributed by atoms with Crippen LogP contribution in [0.3, 0.4) is 0 Å². The van der Waals surface area contributed by atoms with Crippen LogP contribution < -0.4 is 0 Å². The summed E-state index contributed by atoms with van der Waals surface area (Å²) >= 11 is 0. The van der Waals surface area contributed by atoms with E-state index >= 15 is 0 Å². The molecule has 1 aliphatic heterocycles. The quantitative estimate of drug-likeness (QED) is 0.538. The minimum atomic E-state index is -0.319. The summed E-state index contributed by atoms with van der Waals surface area (Å²) in [4.78, 5) is 14.6. The molecule has 146 valence electrons. The molecule has 1 saturated heterocycles. The third kappa shape index (κ3) is 3.17. The van der Waals surface area contributed by atoms with Crippen LogP contribution in [0.5, 0.6) is 0 Å². The van der Waals surface area contributed by atoms with Gasteiger partial charge in [0.2, 0.25) is 0 Å². The van der Waals surface area contributed by atoms with Crippen molar-refractivity contribution in [2.75, 3.05) is 19.7 Å². The highest BCUT2D eigenvalue weighted by Gasteiger charge is 2.30. The maximum absolute atomic E-state index is 12.8. The molecule has 1 fully saturated rings. The zero-order valence-electron chi connectivity index (χ0n) is 16.0. The molecule has 29 heavy (non-hydrogen) atoms. The number of rotatable bonds is 3. The summed E-state index contributed by atoms with van der Waals surface area (Å²) in [5.41, 5.74) is 4.36. The van der Waals surface area contributed by atoms with Gasteiger partial charge in [0.05, 0.1) is 18.7 Å². The Morgan fingerprint density at radius 3 is 2.76 bits per heavy atom. The second kappa shape index (κ2) is 7.14. The SMILES string of the molecule is Cn1nccc1C(=O)N1CCOC(c2nnn3cc(-c4ccccc4)ccc23)C1. The van der Waals surface area contributed by atoms with Crippen LogP contribution >= 0.6 is 0 Å². The van der Waals surface area contributed by atoms with Gasteiger partial charge in [-0.15, -0.1) is 5.10 Å². The van der Waals surface area contributed by atoms with E-state index in [1.54, 1.807) is 33.4 Å². The van der Waals surface area contributed by atoms with Gasteiger partial charge in [0, 0.05) is 31.5 Å². The molecule has 4 heterocycles. The molecule has 5 rings (SSSR count). The lowest BCUT2D eigenvalue weighted by molar-refractivity contribution is -0.0244. The summed E-state index contributed by atoms with van der Waals surface area (Å²) in [6.07, 6.45) is 3.27. The first-order valence-electron chi connectivity index (χ1n) is 9.50. The van der Waals surface area contributed by atoms with E-state index in [1.165, 1.54) is 0 Å². The van der Waals surface area contributed by atoms with Crippen LogP contribution in [0.25, 0.3) is 16.6 Å². The van der Waals surface area contributed by atoms with E-state index in [2.05, 4.69) is 33.6 Å². The topological polar surface area (TPSA) is 77.5 Å². The maximum atomic E-state index is 12.8. The molecule has 0 spiro atoms. The largest absolute Gasteiger partial charge is 0.368 e. The Morgan fingerprint density at radius 1 is 1.10 bits per heavy atom. The first-order valence-corrected chi connectivity index (χ1v) is 9.50. The maximum Gasteiger partial charge on any atom is 0.272 e. The van der Waals surface area contributed by atoms with Gasteiger partial charge in [-0.3, -0.25) is 9.48 Å². The molecule has 1 unspecified atom stereocenters. The predicted molar refractivity (Wildman–Crippen MR) is 106 cm³/mol. The van der Waals surface area contributed by atoms with Gasteiger partial charge in [-0.05, 0) is 17.7 Å². The lowest BCUT2D eigenvalue weighted by Crippen LogP contribution is -2.43. The van der Waals surface area contributed by atoms with Crippen molar-refractivity contribution >= 4 is 11.4 Å². The predicted octanol–water partition coefficient (Wildman–Crippen LogP) is 2.34. The second-order valence-corrected chi connectivity index (χ2v) is 7.04. The molecule has 0 bridgehead atoms. The summed E-state index contributed by atoms with van der Waals surface area (Å²) in [5, 5.41) is 12.7. The van der Waals surface area contributed by atoms with Crippen molar-refractivity contribution in [1.82, 2.24) is 29.5 Å². The average molecular weight is 388 g/mol. The highest BCUT2D eigenvalue weighted by atomic mass is 16.5. The summed E-state index contributed by atoms with van der Waals surface area (Å²) in [6.45, 7) is 1.42. The molecule has 0 aliphatic carbocycles. The van der Waals surface area contributed by atoms with Crippen molar-refractivity contribution in [3.8, 4) is 11.1 Å². The summed E-state index contributed by atoms with van der Waals surface area (Å²) in [6, 6.07) is 15.9. The van der Waals surface area contributed by atoms with Gasteiger partial charge in [-0.2, -0.15) is 5.10 Å². The number of carbonyl (C=O) groups is 1. The number of hydrogen-bond acceptors (Lipinski definition) is 5. The van der Waals surface area contributed by atoms with Crippen LogP contribution in [0, 0.1) is 0 Å². The van der Waals surface area contributed by atoms with Crippen molar-refractivity contribution < 1.29 is 9.53 Å². The second-order valence-electron chi connectivity index (χ2n) is 7.04. The molecule has 1 aliphatic rings. The molecule has 1 atom stereocenters. The summed E-state index contributed by atoms with van der Waals surface area (Å²) < 4.78 is 9.30. The van der Waals surface area contributed by atoms with Crippen molar-refractivity contribution in [3.05, 3.63) is 72.3 Å². The summed E-state index contributed by atoms with van der Waals surface area (Å²) in [7, 11) is 1.77. The fourth-order valence-corrected chi connectivity index (χ4v) is 3.69. The Hall–Kier alpha value is -3.52. The Morgan fingerprint density at radius 2 is 1.97 bits per heavy atom. The molecule has 8 nitrogen and oxygen atoms in total. The Balaban J connectivity index is 1.42. The first-order chi connectivity index (χ1) is 14.2. The van der Waals surface area contributed by atoms with Crippen molar-refractivity contribution in [1.29, 1.82) is 0 Å². The zero-order chi connectivity index (χ0) is 19.8. The van der Waals surface area contributed by atoms with Crippen molar-refractivity contribution in [2.45, 2.75) is 6.10 Å². The van der Waals surface area contributed by atoms with Crippen LogP contribution in [-0.4, -0.2) is 55.1 Å². The Bertz CT molecular complexity index is 1170. The highest BCUT2D eigenvalue weighted by molar-refractivity contribution is 5.92. The summed E-state index contributed by atoms with van der Waals surface area (Å²) in [5.74, 6) is -0.0545. The third-order valence-electron chi connectivity index (χ3n) is 5.25. The van der Waals surface area contributed by atoms with Crippen LogP contribution in [0.1, 0.15) is 22.3 Å². The number of carbonyl (C=O) groups excluding carboxylic acids is 1. The molecule has 1 amide bonds. The lowest BCUT2D eigenvalue weighted by atomic mass is 10.1. The number of ether oxygens (including phenoxy) is 1. The van der Waals surface area contributed by atoms with Crippen molar-refractivity contribution in [3.63, 3.8) is 0 Å². The highest BCUT2D eigenvalue weighted by Crippen LogP contribution is 2.27. The van der Waals surface area contributed by atoms with Gasteiger partial charge in [-0.25, -0.2) is 4.52 Å². The minimum Gasteiger partial charge on any atom is -0.368 e. The van der Waals surface area contributed by atoms with E-state index in [0.717, 1.165) is 22.3 Å². The number of aryl methyl sites for hydroxylation is 1. The van der Waals surface area contributed by atoms with Crippen LogP contribution in [0.15, 0.2) is 60.9 Å². The molecule has 8 heteroatoms. The van der Waals surface area contributed by atoms with Crippen LogP contribution in [-0.2, 0) is 11.8 Å². The van der Waals surface area contributed by atoms with Crippen molar-refractivity contribution in [2.24, 2.45) is 7.05 Å². The Kier molecular flexibility index (Phi) is 4.33. The van der Waals surface area contributed by atoms with Gasteiger partial charge < -0.3 is 9.64 Å². The molecule has 0 radical (unpaired) electrons. The number of nitrogens with zero attached hydrogens (tertiary/aromatic N) is 6. The number of pyridine rings is 1. The number of benzene rings is 1.